The van der Waals surface area contributed by atoms with Gasteiger partial charge in [-0.15, -0.1) is 0 Å². The standard InChI is InChI=1S/C26H42N4O8/c1-8-19-26(6)23(30(25(35)38-26)12-10-9-11-28-29-27)16(4)20(31)14(2)13-18(36-7)22(33)15(3)21(32)17(5)24(34)37-19/h14-19,22-23,33H,8-13H2,1-7H3/t14-,15+,16+,17?,18?,19?,22?,23-,26-/m1/s1. The molecule has 0 spiro atoms. The average Bonchev–Trinajstić information content (AvgIpc) is 3.16. The number of cyclic esters (lactones) is 1. The highest BCUT2D eigenvalue weighted by Gasteiger charge is 2.59. The predicted molar refractivity (Wildman–Crippen MR) is 137 cm³/mol. The van der Waals surface area contributed by atoms with Gasteiger partial charge < -0.3 is 24.2 Å². The first-order valence-electron chi connectivity index (χ1n) is 13.3. The number of ether oxygens (including phenoxy) is 3. The molecule has 2 fully saturated rings. The Balaban J connectivity index is 2.54. The summed E-state index contributed by atoms with van der Waals surface area (Å²) in [6.07, 6.45) is -2.13. The normalized spacial score (nSPS) is 37.1. The second-order valence-corrected chi connectivity index (χ2v) is 10.7. The molecule has 1 amide bonds. The van der Waals surface area contributed by atoms with E-state index in [4.69, 9.17) is 19.7 Å². The smallest absolute Gasteiger partial charge is 0.410 e. The highest BCUT2D eigenvalue weighted by atomic mass is 16.6. The fourth-order valence-electron chi connectivity index (χ4n) is 5.79. The summed E-state index contributed by atoms with van der Waals surface area (Å²) in [5.41, 5.74) is 7.15. The van der Waals surface area contributed by atoms with Crippen molar-refractivity contribution in [1.82, 2.24) is 4.90 Å². The lowest BCUT2D eigenvalue weighted by atomic mass is 9.75. The number of hydrogen-bond acceptors (Lipinski definition) is 9. The van der Waals surface area contributed by atoms with Crippen molar-refractivity contribution in [2.75, 3.05) is 20.2 Å². The van der Waals surface area contributed by atoms with Gasteiger partial charge in [0.1, 0.15) is 17.8 Å². The number of carbonyl (C=O) groups is 4. The number of aliphatic hydroxyl groups excluding tert-OH is 1. The number of unbranched alkanes of at least 4 members (excludes halogenated alkanes) is 1. The Morgan fingerprint density at radius 2 is 1.79 bits per heavy atom. The number of Topliss-reactive ketones (excluding diaryl/α,β-unsaturated/α-hetero) is 2. The van der Waals surface area contributed by atoms with Crippen LogP contribution in [0.25, 0.3) is 10.4 Å². The third kappa shape index (κ3) is 6.47. The summed E-state index contributed by atoms with van der Waals surface area (Å²) >= 11 is 0. The van der Waals surface area contributed by atoms with Gasteiger partial charge in [0.05, 0.1) is 18.2 Å². The molecule has 0 aromatic carbocycles. The lowest BCUT2D eigenvalue weighted by Crippen LogP contribution is -2.58. The van der Waals surface area contributed by atoms with Gasteiger partial charge >= 0.3 is 12.1 Å². The fourth-order valence-corrected chi connectivity index (χ4v) is 5.79. The summed E-state index contributed by atoms with van der Waals surface area (Å²) in [7, 11) is 1.40. The van der Waals surface area contributed by atoms with Crippen LogP contribution in [0.1, 0.15) is 67.2 Å². The quantitative estimate of drug-likeness (QED) is 0.128. The molecule has 214 valence electrons. The molecule has 38 heavy (non-hydrogen) atoms. The van der Waals surface area contributed by atoms with E-state index in [1.807, 2.05) is 0 Å². The molecule has 2 aliphatic rings. The number of methoxy groups -OCH3 is 1. The van der Waals surface area contributed by atoms with Gasteiger partial charge in [0, 0.05) is 42.9 Å². The number of hydrogen-bond donors (Lipinski definition) is 1. The van der Waals surface area contributed by atoms with Crippen molar-refractivity contribution in [3.8, 4) is 0 Å². The molecule has 0 radical (unpaired) electrons. The highest BCUT2D eigenvalue weighted by Crippen LogP contribution is 2.41. The lowest BCUT2D eigenvalue weighted by Gasteiger charge is -2.41. The molecule has 2 rings (SSSR count). The van der Waals surface area contributed by atoms with Gasteiger partial charge in [-0.2, -0.15) is 0 Å². The van der Waals surface area contributed by atoms with E-state index in [1.165, 1.54) is 25.9 Å². The van der Waals surface area contributed by atoms with Gasteiger partial charge in [0.15, 0.2) is 11.4 Å². The second-order valence-electron chi connectivity index (χ2n) is 10.7. The summed E-state index contributed by atoms with van der Waals surface area (Å²) < 4.78 is 17.1. The summed E-state index contributed by atoms with van der Waals surface area (Å²) in [6.45, 7) is 10.4. The van der Waals surface area contributed by atoms with Gasteiger partial charge in [-0.25, -0.2) is 4.79 Å². The number of amides is 1. The third-order valence-electron chi connectivity index (χ3n) is 8.12. The molecule has 0 aliphatic carbocycles. The summed E-state index contributed by atoms with van der Waals surface area (Å²) in [4.78, 5) is 57.3. The van der Waals surface area contributed by atoms with E-state index in [2.05, 4.69) is 10.0 Å². The Morgan fingerprint density at radius 3 is 2.37 bits per heavy atom. The lowest BCUT2D eigenvalue weighted by molar-refractivity contribution is -0.172. The van der Waals surface area contributed by atoms with Gasteiger partial charge in [0.2, 0.25) is 0 Å². The van der Waals surface area contributed by atoms with E-state index in [9.17, 15) is 24.3 Å². The highest BCUT2D eigenvalue weighted by molar-refractivity contribution is 6.00. The number of esters is 1. The van der Waals surface area contributed by atoms with Crippen molar-refractivity contribution >= 4 is 23.6 Å². The van der Waals surface area contributed by atoms with Gasteiger partial charge in [0.25, 0.3) is 0 Å². The van der Waals surface area contributed by atoms with Crippen LogP contribution < -0.4 is 0 Å². The van der Waals surface area contributed by atoms with Crippen molar-refractivity contribution in [2.45, 2.75) is 97.2 Å². The first kappa shape index (κ1) is 31.5. The van der Waals surface area contributed by atoms with Crippen LogP contribution in [0.15, 0.2) is 5.11 Å². The number of aliphatic hydroxyl groups is 1. The van der Waals surface area contributed by atoms with E-state index < -0.39 is 71.5 Å². The number of fused-ring (bicyclic) bond motifs is 1. The minimum Gasteiger partial charge on any atom is -0.458 e. The molecule has 2 saturated heterocycles. The third-order valence-corrected chi connectivity index (χ3v) is 8.12. The molecule has 0 aromatic heterocycles. The van der Waals surface area contributed by atoms with E-state index in [-0.39, 0.29) is 31.7 Å². The summed E-state index contributed by atoms with van der Waals surface area (Å²) in [6, 6.07) is -0.763. The monoisotopic (exact) mass is 538 g/mol. The van der Waals surface area contributed by atoms with Crippen LogP contribution in [0.4, 0.5) is 4.79 Å². The molecule has 2 aliphatic heterocycles. The zero-order valence-electron chi connectivity index (χ0n) is 23.5. The van der Waals surface area contributed by atoms with Crippen molar-refractivity contribution in [1.29, 1.82) is 0 Å². The van der Waals surface area contributed by atoms with Crippen LogP contribution in [-0.2, 0) is 28.6 Å². The van der Waals surface area contributed by atoms with E-state index >= 15 is 0 Å². The average molecular weight is 539 g/mol. The van der Waals surface area contributed by atoms with Crippen LogP contribution in [0.3, 0.4) is 0 Å². The van der Waals surface area contributed by atoms with Crippen LogP contribution >= 0.6 is 0 Å². The maximum absolute atomic E-state index is 13.7. The van der Waals surface area contributed by atoms with Crippen molar-refractivity contribution in [3.63, 3.8) is 0 Å². The molecule has 12 heteroatoms. The molecular formula is C26H42N4O8. The van der Waals surface area contributed by atoms with Crippen LogP contribution in [-0.4, -0.2) is 83.8 Å². The van der Waals surface area contributed by atoms with E-state index in [1.54, 1.807) is 27.7 Å². The van der Waals surface area contributed by atoms with Crippen molar-refractivity contribution in [2.24, 2.45) is 28.8 Å². The molecule has 1 N–H and O–H groups in total. The number of carbonyl (C=O) groups excluding carboxylic acids is 4. The fraction of sp³-hybridized carbons (Fsp3) is 0.846. The Hall–Kier alpha value is -2.69. The maximum Gasteiger partial charge on any atom is 0.410 e. The molecule has 0 saturated carbocycles. The zero-order chi connectivity index (χ0) is 28.8. The number of ketones is 2. The van der Waals surface area contributed by atoms with Crippen LogP contribution in [0.2, 0.25) is 0 Å². The predicted octanol–water partition coefficient (Wildman–Crippen LogP) is 3.44. The Bertz CT molecular complexity index is 938. The largest absolute Gasteiger partial charge is 0.458 e. The summed E-state index contributed by atoms with van der Waals surface area (Å²) in [5.74, 6) is -4.83. The minimum atomic E-state index is -1.36. The molecule has 12 nitrogen and oxygen atoms in total. The zero-order valence-corrected chi connectivity index (χ0v) is 23.5. The number of nitrogens with zero attached hydrogens (tertiary/aromatic N) is 4. The van der Waals surface area contributed by atoms with E-state index in [0.717, 1.165) is 0 Å². The van der Waals surface area contributed by atoms with Crippen LogP contribution in [0, 0.1) is 23.7 Å². The van der Waals surface area contributed by atoms with Crippen molar-refractivity contribution < 1.29 is 38.5 Å². The molecular weight excluding hydrogens is 496 g/mol. The maximum atomic E-state index is 13.7. The Morgan fingerprint density at radius 1 is 1.13 bits per heavy atom. The second kappa shape index (κ2) is 13.4. The number of rotatable bonds is 7. The van der Waals surface area contributed by atoms with Gasteiger partial charge in [-0.3, -0.25) is 14.4 Å². The Kier molecular flexibility index (Phi) is 11.1. The Labute approximate surface area is 224 Å². The molecule has 0 aromatic rings. The van der Waals surface area contributed by atoms with Gasteiger partial charge in [-0.05, 0) is 45.1 Å². The minimum absolute atomic E-state index is 0.152. The first-order chi connectivity index (χ1) is 17.8. The number of azide groups is 1. The molecule has 2 heterocycles. The molecule has 0 bridgehead atoms. The van der Waals surface area contributed by atoms with Gasteiger partial charge in [-0.1, -0.05) is 32.8 Å². The SMILES string of the molecule is CCC1OC(=O)C(C)C(=O)[C@H](C)C(O)C(OC)C[C@@H](C)C(=O)[C@H](C)[C@H]2N(CCCCN=[N+]=[N-])C(=O)O[C@]12C. The molecule has 4 unspecified atom stereocenters. The van der Waals surface area contributed by atoms with E-state index in [0.29, 0.717) is 12.8 Å². The van der Waals surface area contributed by atoms with Crippen LogP contribution in [0.5, 0.6) is 0 Å². The topological polar surface area (TPSA) is 168 Å². The molecule has 9 atom stereocenters. The first-order valence-corrected chi connectivity index (χ1v) is 13.3. The van der Waals surface area contributed by atoms with Crippen molar-refractivity contribution in [3.05, 3.63) is 10.4 Å². The summed E-state index contributed by atoms with van der Waals surface area (Å²) in [5, 5.41) is 14.4.